The second kappa shape index (κ2) is 8.08. The smallest absolute Gasteiger partial charge is 0.256 e. The first kappa shape index (κ1) is 22.1. The molecule has 184 valence electrons. The maximum absolute atomic E-state index is 15.1. The van der Waals surface area contributed by atoms with Gasteiger partial charge in [0, 0.05) is 6.04 Å². The number of hydrogen-bond donors (Lipinski definition) is 2. The monoisotopic (exact) mass is 486 g/mol. The zero-order valence-corrected chi connectivity index (χ0v) is 19.1. The Bertz CT molecular complexity index is 1420. The topological polar surface area (TPSA) is 108 Å². The Morgan fingerprint density at radius 3 is 2.66 bits per heavy atom. The lowest BCUT2D eigenvalue weighted by molar-refractivity contribution is -0.165. The van der Waals surface area contributed by atoms with Crippen LogP contribution in [0.25, 0.3) is 27.9 Å². The molecule has 35 heavy (non-hydrogen) atoms. The lowest BCUT2D eigenvalue weighted by atomic mass is 9.77. The molecule has 4 aromatic heterocycles. The summed E-state index contributed by atoms with van der Waals surface area (Å²) in [5, 5.41) is 7.75. The number of nitrogens with one attached hydrogen (secondary N) is 1. The summed E-state index contributed by atoms with van der Waals surface area (Å²) in [6.07, 6.45) is 3.60. The van der Waals surface area contributed by atoms with Crippen molar-refractivity contribution in [2.24, 2.45) is 0 Å². The Morgan fingerprint density at radius 2 is 1.97 bits per heavy atom. The summed E-state index contributed by atoms with van der Waals surface area (Å²) in [6.45, 7) is 1.92. The van der Waals surface area contributed by atoms with Crippen LogP contribution in [-0.2, 0) is 11.3 Å². The van der Waals surface area contributed by atoms with Crippen LogP contribution in [0.4, 0.5) is 24.9 Å². The highest BCUT2D eigenvalue weighted by Gasteiger charge is 2.41. The second-order valence-corrected chi connectivity index (χ2v) is 9.37. The van der Waals surface area contributed by atoms with Crippen LogP contribution in [0.15, 0.2) is 18.3 Å². The molecule has 0 aromatic carbocycles. The van der Waals surface area contributed by atoms with E-state index in [0.717, 1.165) is 38.7 Å². The number of hydrogen-bond acceptors (Lipinski definition) is 7. The van der Waals surface area contributed by atoms with Crippen LogP contribution in [0.2, 0.25) is 0 Å². The number of aromatic nitrogens is 6. The van der Waals surface area contributed by atoms with Gasteiger partial charge in [-0.15, -0.1) is 5.10 Å². The van der Waals surface area contributed by atoms with Gasteiger partial charge in [0.2, 0.25) is 5.95 Å². The first-order valence-corrected chi connectivity index (χ1v) is 11.7. The fourth-order valence-electron chi connectivity index (χ4n) is 5.25. The maximum atomic E-state index is 15.1. The van der Waals surface area contributed by atoms with Gasteiger partial charge >= 0.3 is 0 Å². The quantitative estimate of drug-likeness (QED) is 0.440. The second-order valence-electron chi connectivity index (χ2n) is 9.37. The predicted molar refractivity (Wildman–Crippen MR) is 124 cm³/mol. The summed E-state index contributed by atoms with van der Waals surface area (Å²) in [5.74, 6) is 0.230. The molecule has 5 heterocycles. The van der Waals surface area contributed by atoms with E-state index in [0.29, 0.717) is 17.3 Å². The van der Waals surface area contributed by atoms with E-state index in [2.05, 4.69) is 25.4 Å². The van der Waals surface area contributed by atoms with Crippen molar-refractivity contribution in [2.45, 2.75) is 63.6 Å². The number of pyridine rings is 1. The average molecular weight is 487 g/mol. The number of aryl methyl sites for hydroxylation is 1. The molecule has 1 spiro atoms. The molecule has 0 atom stereocenters. The standard InChI is InChI=1S/C23H25F3N8O/c1-12-28-16-3-2-15(30-21(16)33(12)11-17(25)26)18-14(24)10-34-19(18)20(27)31-22(32-34)29-13-4-6-23(7-5-13)8-9-35-23/h2-3,10,13,17H,4-9,11H2,1H3,(H3,27,29,31,32). The fourth-order valence-corrected chi connectivity index (χ4v) is 5.25. The van der Waals surface area contributed by atoms with Crippen LogP contribution >= 0.6 is 0 Å². The van der Waals surface area contributed by atoms with Gasteiger partial charge < -0.3 is 20.4 Å². The molecule has 0 bridgehead atoms. The van der Waals surface area contributed by atoms with E-state index in [-0.39, 0.29) is 39.9 Å². The molecule has 0 amide bonds. The fraction of sp³-hybridized carbons (Fsp3) is 0.478. The summed E-state index contributed by atoms with van der Waals surface area (Å²) in [5.41, 5.74) is 7.63. The van der Waals surface area contributed by atoms with E-state index < -0.39 is 18.8 Å². The van der Waals surface area contributed by atoms with Crippen molar-refractivity contribution in [1.82, 2.24) is 29.1 Å². The Hall–Kier alpha value is -3.41. The number of anilines is 2. The highest BCUT2D eigenvalue weighted by atomic mass is 19.3. The SMILES string of the molecule is Cc1nc2ccc(-c3c(F)cn4nc(NC5CCC6(CCO6)CC5)nc(N)c34)nc2n1CC(F)F. The highest BCUT2D eigenvalue weighted by Crippen LogP contribution is 2.41. The molecule has 1 saturated carbocycles. The Morgan fingerprint density at radius 1 is 1.20 bits per heavy atom. The third kappa shape index (κ3) is 3.76. The minimum absolute atomic E-state index is 0.0534. The van der Waals surface area contributed by atoms with Crippen LogP contribution in [0.5, 0.6) is 0 Å². The number of nitrogen functional groups attached to an aromatic ring is 1. The van der Waals surface area contributed by atoms with Crippen molar-refractivity contribution in [3.8, 4) is 11.3 Å². The zero-order chi connectivity index (χ0) is 24.3. The lowest BCUT2D eigenvalue weighted by Gasteiger charge is -2.46. The minimum Gasteiger partial charge on any atom is -0.382 e. The normalized spacial score (nSPS) is 22.4. The van der Waals surface area contributed by atoms with Crippen LogP contribution in [0, 0.1) is 12.7 Å². The summed E-state index contributed by atoms with van der Waals surface area (Å²) < 4.78 is 49.8. The number of fused-ring (bicyclic) bond motifs is 2. The molecule has 1 aliphatic carbocycles. The molecule has 4 aromatic rings. The summed E-state index contributed by atoms with van der Waals surface area (Å²) in [6, 6.07) is 3.40. The number of ether oxygens (including phenoxy) is 1. The number of alkyl halides is 2. The summed E-state index contributed by atoms with van der Waals surface area (Å²) in [7, 11) is 0. The van der Waals surface area contributed by atoms with Gasteiger partial charge in [0.15, 0.2) is 17.3 Å². The number of rotatable bonds is 5. The molecule has 1 aliphatic heterocycles. The van der Waals surface area contributed by atoms with Crippen LogP contribution in [0.1, 0.15) is 37.9 Å². The summed E-state index contributed by atoms with van der Waals surface area (Å²) in [4.78, 5) is 13.1. The van der Waals surface area contributed by atoms with Gasteiger partial charge in [-0.2, -0.15) is 4.98 Å². The van der Waals surface area contributed by atoms with E-state index >= 15 is 4.39 Å². The molecule has 12 heteroatoms. The van der Waals surface area contributed by atoms with Crippen molar-refractivity contribution in [2.75, 3.05) is 17.7 Å². The molecular formula is C23H25F3N8O. The van der Waals surface area contributed by atoms with Crippen LogP contribution in [0.3, 0.4) is 0 Å². The molecule has 6 rings (SSSR count). The van der Waals surface area contributed by atoms with Gasteiger partial charge in [0.1, 0.15) is 16.9 Å². The first-order valence-electron chi connectivity index (χ1n) is 11.7. The molecule has 2 fully saturated rings. The molecular weight excluding hydrogens is 461 g/mol. The van der Waals surface area contributed by atoms with Crippen molar-refractivity contribution in [3.63, 3.8) is 0 Å². The van der Waals surface area contributed by atoms with Crippen LogP contribution in [-0.4, -0.2) is 53.8 Å². The highest BCUT2D eigenvalue weighted by molar-refractivity contribution is 5.89. The molecule has 9 nitrogen and oxygen atoms in total. The maximum Gasteiger partial charge on any atom is 0.256 e. The van der Waals surface area contributed by atoms with Crippen molar-refractivity contribution >= 4 is 28.4 Å². The molecule has 2 aliphatic rings. The first-order chi connectivity index (χ1) is 16.8. The number of halogens is 3. The zero-order valence-electron chi connectivity index (χ0n) is 19.1. The summed E-state index contributed by atoms with van der Waals surface area (Å²) >= 11 is 0. The van der Waals surface area contributed by atoms with Crippen molar-refractivity contribution < 1.29 is 17.9 Å². The van der Waals surface area contributed by atoms with Crippen LogP contribution < -0.4 is 11.1 Å². The van der Waals surface area contributed by atoms with Gasteiger partial charge in [-0.05, 0) is 51.2 Å². The molecule has 0 radical (unpaired) electrons. The third-order valence-electron chi connectivity index (χ3n) is 7.17. The third-order valence-corrected chi connectivity index (χ3v) is 7.17. The Labute approximate surface area is 198 Å². The molecule has 0 unspecified atom stereocenters. The van der Waals surface area contributed by atoms with E-state index in [4.69, 9.17) is 10.5 Å². The molecule has 3 N–H and O–H groups in total. The van der Waals surface area contributed by atoms with Gasteiger partial charge in [-0.25, -0.2) is 27.7 Å². The minimum atomic E-state index is -2.57. The van der Waals surface area contributed by atoms with E-state index in [9.17, 15) is 8.78 Å². The van der Waals surface area contributed by atoms with E-state index in [1.54, 1.807) is 19.1 Å². The average Bonchev–Trinajstić information content (AvgIpc) is 3.28. The van der Waals surface area contributed by atoms with Gasteiger partial charge in [-0.3, -0.25) is 0 Å². The van der Waals surface area contributed by atoms with Gasteiger partial charge in [0.25, 0.3) is 6.43 Å². The van der Waals surface area contributed by atoms with Gasteiger partial charge in [-0.1, -0.05) is 0 Å². The number of imidazole rings is 1. The van der Waals surface area contributed by atoms with Crippen molar-refractivity contribution in [1.29, 1.82) is 0 Å². The predicted octanol–water partition coefficient (Wildman–Crippen LogP) is 3.95. The van der Waals surface area contributed by atoms with E-state index in [1.807, 2.05) is 0 Å². The Kier molecular flexibility index (Phi) is 5.09. The lowest BCUT2D eigenvalue weighted by Crippen LogP contribution is -2.48. The molecule has 1 saturated heterocycles. The Balaban J connectivity index is 1.33. The van der Waals surface area contributed by atoms with E-state index in [1.165, 1.54) is 15.3 Å². The largest absolute Gasteiger partial charge is 0.382 e. The van der Waals surface area contributed by atoms with Gasteiger partial charge in [0.05, 0.1) is 36.2 Å². The number of nitrogens with zero attached hydrogens (tertiary/aromatic N) is 6. The van der Waals surface area contributed by atoms with Crippen molar-refractivity contribution in [3.05, 3.63) is 30.0 Å². The number of nitrogens with two attached hydrogens (primary N) is 1.